The molecule has 1 atom stereocenters. The number of nitrogens with one attached hydrogen (secondary N) is 2. The van der Waals surface area contributed by atoms with Gasteiger partial charge in [0.25, 0.3) is 5.92 Å². The number of aromatic nitrogens is 1. The van der Waals surface area contributed by atoms with Gasteiger partial charge in [0.1, 0.15) is 11.6 Å². The topological polar surface area (TPSA) is 34.3 Å². The highest BCUT2D eigenvalue weighted by atomic mass is 19.3. The Morgan fingerprint density at radius 1 is 1.03 bits per heavy atom. The van der Waals surface area contributed by atoms with Crippen molar-refractivity contribution in [1.82, 2.24) is 15.2 Å². The lowest BCUT2D eigenvalue weighted by atomic mass is 9.74. The van der Waals surface area contributed by atoms with Gasteiger partial charge >= 0.3 is 0 Å². The number of H-pyrrole nitrogens is 1. The molecule has 1 aromatic heterocycles. The molecule has 4 heterocycles. The van der Waals surface area contributed by atoms with Crippen LogP contribution in [0.3, 0.4) is 0 Å². The van der Waals surface area contributed by atoms with Crippen LogP contribution in [0.5, 0.6) is 0 Å². The molecule has 196 valence electrons. The third-order valence-electron chi connectivity index (χ3n) is 7.13. The minimum Gasteiger partial charge on any atom is -0.370 e. The van der Waals surface area contributed by atoms with Crippen LogP contribution < -0.4 is 10.2 Å². The van der Waals surface area contributed by atoms with Crippen LogP contribution in [0.2, 0.25) is 0 Å². The maximum atomic E-state index is 13.2. The van der Waals surface area contributed by atoms with E-state index < -0.39 is 17.6 Å². The SMILES string of the molecule is CC.CC1Cc2c([nH]c3ccccc23)CN1CC(C)(F)F.Fc1cc(F)cc(N2CC3(CNC3)C2)c1. The fourth-order valence-corrected chi connectivity index (χ4v) is 5.35. The van der Waals surface area contributed by atoms with Crippen molar-refractivity contribution in [1.29, 1.82) is 0 Å². The maximum Gasteiger partial charge on any atom is 0.257 e. The van der Waals surface area contributed by atoms with E-state index in [4.69, 9.17) is 0 Å². The fourth-order valence-electron chi connectivity index (χ4n) is 5.35. The molecule has 2 aromatic carbocycles. The van der Waals surface area contributed by atoms with E-state index in [1.807, 2.05) is 48.8 Å². The summed E-state index contributed by atoms with van der Waals surface area (Å²) < 4.78 is 52.3. The van der Waals surface area contributed by atoms with E-state index in [0.717, 1.165) is 56.8 Å². The predicted octanol–water partition coefficient (Wildman–Crippen LogP) is 5.97. The zero-order valence-corrected chi connectivity index (χ0v) is 21.5. The van der Waals surface area contributed by atoms with E-state index in [0.29, 0.717) is 17.6 Å². The zero-order chi connectivity index (χ0) is 26.1. The molecule has 2 fully saturated rings. The van der Waals surface area contributed by atoms with Crippen molar-refractivity contribution >= 4 is 16.6 Å². The van der Waals surface area contributed by atoms with E-state index in [2.05, 4.69) is 16.4 Å². The molecule has 6 rings (SSSR count). The summed E-state index contributed by atoms with van der Waals surface area (Å²) in [6, 6.07) is 12.0. The monoisotopic (exact) mass is 504 g/mol. The van der Waals surface area contributed by atoms with Crippen LogP contribution in [-0.2, 0) is 13.0 Å². The lowest BCUT2D eigenvalue weighted by molar-refractivity contribution is -0.0293. The molecule has 3 aliphatic heterocycles. The molecule has 0 aliphatic carbocycles. The summed E-state index contributed by atoms with van der Waals surface area (Å²) in [6.07, 6.45) is 0.829. The molecule has 1 unspecified atom stereocenters. The van der Waals surface area contributed by atoms with Crippen molar-refractivity contribution in [2.24, 2.45) is 5.41 Å². The molecule has 0 amide bonds. The summed E-state index contributed by atoms with van der Waals surface area (Å²) in [5.74, 6) is -3.65. The van der Waals surface area contributed by atoms with E-state index in [9.17, 15) is 17.6 Å². The predicted molar refractivity (Wildman–Crippen MR) is 138 cm³/mol. The lowest BCUT2D eigenvalue weighted by Gasteiger charge is -2.57. The summed E-state index contributed by atoms with van der Waals surface area (Å²) in [6.45, 7) is 11.3. The smallest absolute Gasteiger partial charge is 0.257 e. The van der Waals surface area contributed by atoms with Crippen LogP contribution >= 0.6 is 0 Å². The van der Waals surface area contributed by atoms with Gasteiger partial charge < -0.3 is 15.2 Å². The lowest BCUT2D eigenvalue weighted by Crippen LogP contribution is -2.71. The van der Waals surface area contributed by atoms with Gasteiger partial charge in [-0.05, 0) is 37.1 Å². The Morgan fingerprint density at radius 3 is 2.25 bits per heavy atom. The van der Waals surface area contributed by atoms with Crippen LogP contribution in [0.25, 0.3) is 10.9 Å². The Labute approximate surface area is 210 Å². The highest BCUT2D eigenvalue weighted by molar-refractivity contribution is 5.84. The number of hydrogen-bond acceptors (Lipinski definition) is 3. The molecular weight excluding hydrogens is 468 g/mol. The Balaban J connectivity index is 0.000000162. The number of halogens is 4. The van der Waals surface area contributed by atoms with Gasteiger partial charge in [-0.3, -0.25) is 4.90 Å². The number of aromatic amines is 1. The molecule has 8 heteroatoms. The summed E-state index contributed by atoms with van der Waals surface area (Å²) in [7, 11) is 0. The van der Waals surface area contributed by atoms with Gasteiger partial charge in [0, 0.05) is 79.5 Å². The number of fused-ring (bicyclic) bond motifs is 3. The maximum absolute atomic E-state index is 13.2. The first-order valence-electron chi connectivity index (χ1n) is 12.7. The van der Waals surface area contributed by atoms with Crippen molar-refractivity contribution in [2.75, 3.05) is 37.6 Å². The first-order chi connectivity index (χ1) is 17.1. The molecular formula is C28H36F4N4. The normalized spacial score (nSPS) is 20.4. The van der Waals surface area contributed by atoms with Gasteiger partial charge in [-0.15, -0.1) is 0 Å². The van der Waals surface area contributed by atoms with Gasteiger partial charge in [-0.1, -0.05) is 32.0 Å². The second kappa shape index (κ2) is 10.4. The standard InChI is InChI=1S/C15H18F2N2.C11H12F2N2.C2H6/c1-10-7-12-11-5-3-4-6-13(11)18-14(12)8-19(10)9-15(2,16)17;12-8-1-9(13)3-10(2-8)15-6-11(7-15)4-14-5-11;1-2/h3-6,10,18H,7-9H2,1-2H3;1-3,14H,4-7H2;1-2H3. The summed E-state index contributed by atoms with van der Waals surface area (Å²) >= 11 is 0. The number of anilines is 1. The number of nitrogens with zero attached hydrogens (tertiary/aromatic N) is 2. The summed E-state index contributed by atoms with van der Waals surface area (Å²) in [5, 5.41) is 4.45. The van der Waals surface area contributed by atoms with Crippen LogP contribution in [0.15, 0.2) is 42.5 Å². The Hall–Kier alpha value is -2.58. The number of para-hydroxylation sites is 1. The van der Waals surface area contributed by atoms with Crippen LogP contribution in [0.1, 0.15) is 39.0 Å². The summed E-state index contributed by atoms with van der Waals surface area (Å²) in [5.41, 5.74) is 4.51. The Morgan fingerprint density at radius 2 is 1.67 bits per heavy atom. The molecule has 3 aliphatic rings. The van der Waals surface area contributed by atoms with E-state index in [-0.39, 0.29) is 12.6 Å². The molecule has 2 N–H and O–H groups in total. The molecule has 0 bridgehead atoms. The van der Waals surface area contributed by atoms with Gasteiger partial charge in [0.2, 0.25) is 0 Å². The molecule has 1 spiro atoms. The van der Waals surface area contributed by atoms with Gasteiger partial charge in [-0.25, -0.2) is 17.6 Å². The van der Waals surface area contributed by atoms with Gasteiger partial charge in [0.15, 0.2) is 0 Å². The van der Waals surface area contributed by atoms with Crippen LogP contribution in [0.4, 0.5) is 23.2 Å². The Kier molecular flexibility index (Phi) is 7.67. The van der Waals surface area contributed by atoms with Crippen molar-refractivity contribution in [3.63, 3.8) is 0 Å². The Bertz CT molecular complexity index is 1150. The highest BCUT2D eigenvalue weighted by Crippen LogP contribution is 2.37. The molecule has 0 saturated carbocycles. The number of rotatable bonds is 3. The first-order valence-corrected chi connectivity index (χ1v) is 12.7. The second-order valence-electron chi connectivity index (χ2n) is 10.2. The van der Waals surface area contributed by atoms with Crippen molar-refractivity contribution in [3.8, 4) is 0 Å². The molecule has 36 heavy (non-hydrogen) atoms. The van der Waals surface area contributed by atoms with Gasteiger partial charge in [0.05, 0.1) is 6.54 Å². The van der Waals surface area contributed by atoms with Gasteiger partial charge in [-0.2, -0.15) is 0 Å². The van der Waals surface area contributed by atoms with Crippen molar-refractivity contribution in [2.45, 2.75) is 52.6 Å². The highest BCUT2D eigenvalue weighted by Gasteiger charge is 2.47. The van der Waals surface area contributed by atoms with Crippen molar-refractivity contribution < 1.29 is 17.6 Å². The van der Waals surface area contributed by atoms with Crippen LogP contribution in [-0.4, -0.2) is 54.6 Å². The average molecular weight is 505 g/mol. The third-order valence-corrected chi connectivity index (χ3v) is 7.13. The van der Waals surface area contributed by atoms with Crippen molar-refractivity contribution in [3.05, 3.63) is 65.4 Å². The zero-order valence-electron chi connectivity index (χ0n) is 21.5. The minimum absolute atomic E-state index is 0.150. The molecule has 2 saturated heterocycles. The minimum atomic E-state index is -2.64. The molecule has 4 nitrogen and oxygen atoms in total. The largest absolute Gasteiger partial charge is 0.370 e. The second-order valence-corrected chi connectivity index (χ2v) is 10.2. The quantitative estimate of drug-likeness (QED) is 0.432. The number of hydrogen-bond donors (Lipinski definition) is 2. The third kappa shape index (κ3) is 5.70. The van der Waals surface area contributed by atoms with E-state index in [1.54, 1.807) is 0 Å². The number of alkyl halides is 2. The molecule has 0 radical (unpaired) electrons. The fraction of sp³-hybridized carbons (Fsp3) is 0.500. The molecule has 3 aromatic rings. The van der Waals surface area contributed by atoms with E-state index >= 15 is 0 Å². The number of benzene rings is 2. The van der Waals surface area contributed by atoms with Crippen LogP contribution in [0, 0.1) is 17.0 Å². The average Bonchev–Trinajstić information content (AvgIpc) is 3.10. The first kappa shape index (κ1) is 26.5. The van der Waals surface area contributed by atoms with E-state index in [1.165, 1.54) is 23.1 Å². The summed E-state index contributed by atoms with van der Waals surface area (Å²) in [4.78, 5) is 7.25.